The van der Waals surface area contributed by atoms with Crippen molar-refractivity contribution in [3.05, 3.63) is 49.1 Å². The fourth-order valence-corrected chi connectivity index (χ4v) is 2.05. The van der Waals surface area contributed by atoms with Gasteiger partial charge in [0.15, 0.2) is 0 Å². The Bertz CT molecular complexity index is 742. The standard InChI is InChI=1S/C12H8BrClFN3O3/c1-5-11(14)16-6(2)17-12(5)21-10-4-8(15)7(13)3-9(10)18(19)20/h3-4H,1-2H3. The van der Waals surface area contributed by atoms with E-state index in [9.17, 15) is 14.5 Å². The molecule has 1 aromatic carbocycles. The van der Waals surface area contributed by atoms with Crippen LogP contribution in [0, 0.1) is 29.8 Å². The molecule has 0 saturated heterocycles. The number of hydrogen-bond donors (Lipinski definition) is 0. The first-order chi connectivity index (χ1) is 9.79. The van der Waals surface area contributed by atoms with Crippen molar-refractivity contribution < 1.29 is 14.1 Å². The predicted octanol–water partition coefficient (Wildman–Crippen LogP) is 4.35. The lowest BCUT2D eigenvalue weighted by Gasteiger charge is -2.10. The highest BCUT2D eigenvalue weighted by Crippen LogP contribution is 2.36. The van der Waals surface area contributed by atoms with E-state index in [2.05, 4.69) is 25.9 Å². The molecule has 0 bridgehead atoms. The fourth-order valence-electron chi connectivity index (χ4n) is 1.52. The first-order valence-electron chi connectivity index (χ1n) is 5.61. The maximum atomic E-state index is 13.6. The second-order valence-electron chi connectivity index (χ2n) is 4.08. The molecule has 2 aromatic rings. The summed E-state index contributed by atoms with van der Waals surface area (Å²) in [5.41, 5.74) is 0.00922. The fraction of sp³-hybridized carbons (Fsp3) is 0.167. The Balaban J connectivity index is 2.54. The van der Waals surface area contributed by atoms with Gasteiger partial charge >= 0.3 is 5.69 Å². The molecule has 0 atom stereocenters. The van der Waals surface area contributed by atoms with Crippen molar-refractivity contribution in [2.24, 2.45) is 0 Å². The van der Waals surface area contributed by atoms with E-state index >= 15 is 0 Å². The van der Waals surface area contributed by atoms with Crippen LogP contribution in [0.5, 0.6) is 11.6 Å². The lowest BCUT2D eigenvalue weighted by molar-refractivity contribution is -0.385. The van der Waals surface area contributed by atoms with Gasteiger partial charge in [-0.2, -0.15) is 4.98 Å². The lowest BCUT2D eigenvalue weighted by atomic mass is 10.3. The molecule has 2 rings (SSSR count). The smallest absolute Gasteiger partial charge is 0.312 e. The summed E-state index contributed by atoms with van der Waals surface area (Å²) in [7, 11) is 0. The quantitative estimate of drug-likeness (QED) is 0.452. The van der Waals surface area contributed by atoms with Gasteiger partial charge in [-0.1, -0.05) is 11.6 Å². The molecule has 0 fully saturated rings. The van der Waals surface area contributed by atoms with Crippen LogP contribution in [0.25, 0.3) is 0 Å². The zero-order valence-corrected chi connectivity index (χ0v) is 13.2. The summed E-state index contributed by atoms with van der Waals surface area (Å²) < 4.78 is 18.9. The highest BCUT2D eigenvalue weighted by molar-refractivity contribution is 9.10. The van der Waals surface area contributed by atoms with Gasteiger partial charge in [-0.25, -0.2) is 9.37 Å². The summed E-state index contributed by atoms with van der Waals surface area (Å²) in [6.45, 7) is 3.19. The number of ether oxygens (including phenoxy) is 1. The summed E-state index contributed by atoms with van der Waals surface area (Å²) in [6, 6.07) is 1.93. The van der Waals surface area contributed by atoms with Crippen LogP contribution in [0.15, 0.2) is 16.6 Å². The molecule has 1 heterocycles. The monoisotopic (exact) mass is 375 g/mol. The third-order valence-corrected chi connectivity index (χ3v) is 3.53. The Hall–Kier alpha value is -1.80. The van der Waals surface area contributed by atoms with E-state index in [1.807, 2.05) is 0 Å². The van der Waals surface area contributed by atoms with Gasteiger partial charge in [0.05, 0.1) is 9.40 Å². The van der Waals surface area contributed by atoms with E-state index in [1.54, 1.807) is 13.8 Å². The minimum absolute atomic E-state index is 0.0322. The van der Waals surface area contributed by atoms with Gasteiger partial charge in [-0.05, 0) is 29.8 Å². The van der Waals surface area contributed by atoms with E-state index in [0.29, 0.717) is 11.4 Å². The van der Waals surface area contributed by atoms with E-state index in [4.69, 9.17) is 16.3 Å². The molecule has 6 nitrogen and oxygen atoms in total. The van der Waals surface area contributed by atoms with Crippen LogP contribution in [-0.2, 0) is 0 Å². The summed E-state index contributed by atoms with van der Waals surface area (Å²) >= 11 is 8.79. The van der Waals surface area contributed by atoms with Gasteiger partial charge in [0.25, 0.3) is 0 Å². The Morgan fingerprint density at radius 3 is 2.67 bits per heavy atom. The number of nitro groups is 1. The summed E-state index contributed by atoms with van der Waals surface area (Å²) in [5, 5.41) is 11.2. The first kappa shape index (κ1) is 15.6. The topological polar surface area (TPSA) is 78.2 Å². The number of hydrogen-bond acceptors (Lipinski definition) is 5. The van der Waals surface area contributed by atoms with Gasteiger partial charge in [0.2, 0.25) is 11.6 Å². The number of rotatable bonds is 3. The SMILES string of the molecule is Cc1nc(Cl)c(C)c(Oc2cc(F)c(Br)cc2[N+](=O)[O-])n1. The highest BCUT2D eigenvalue weighted by atomic mass is 79.9. The molecule has 0 aliphatic heterocycles. The third-order valence-electron chi connectivity index (χ3n) is 2.56. The molecular weight excluding hydrogens is 369 g/mol. The van der Waals surface area contributed by atoms with Gasteiger partial charge < -0.3 is 4.74 Å². The van der Waals surface area contributed by atoms with E-state index in [-0.39, 0.29) is 21.3 Å². The third kappa shape index (κ3) is 3.27. The molecule has 0 aliphatic rings. The second-order valence-corrected chi connectivity index (χ2v) is 5.30. The molecule has 0 radical (unpaired) electrons. The molecule has 0 spiro atoms. The van der Waals surface area contributed by atoms with E-state index in [1.165, 1.54) is 0 Å². The molecule has 0 amide bonds. The molecule has 0 saturated carbocycles. The number of aryl methyl sites for hydroxylation is 1. The normalized spacial score (nSPS) is 10.5. The number of halogens is 3. The van der Waals surface area contributed by atoms with Gasteiger partial charge in [-0.3, -0.25) is 10.1 Å². The average Bonchev–Trinajstić information content (AvgIpc) is 2.39. The number of nitrogens with zero attached hydrogens (tertiary/aromatic N) is 3. The molecule has 0 aliphatic carbocycles. The van der Waals surface area contributed by atoms with Crippen molar-refractivity contribution in [2.75, 3.05) is 0 Å². The van der Waals surface area contributed by atoms with Crippen molar-refractivity contribution in [3.63, 3.8) is 0 Å². The maximum Gasteiger partial charge on any atom is 0.312 e. The maximum absolute atomic E-state index is 13.6. The zero-order chi connectivity index (χ0) is 15.7. The zero-order valence-electron chi connectivity index (χ0n) is 10.9. The number of nitro benzene ring substituents is 1. The molecular formula is C12H8BrClFN3O3. The van der Waals surface area contributed by atoms with E-state index < -0.39 is 16.4 Å². The summed E-state index contributed by atoms with van der Waals surface area (Å²) in [4.78, 5) is 18.3. The van der Waals surface area contributed by atoms with Crippen molar-refractivity contribution in [2.45, 2.75) is 13.8 Å². The van der Waals surface area contributed by atoms with Crippen LogP contribution >= 0.6 is 27.5 Å². The minimum Gasteiger partial charge on any atom is -0.431 e. The van der Waals surface area contributed by atoms with Crippen molar-refractivity contribution in [3.8, 4) is 11.6 Å². The number of aromatic nitrogens is 2. The van der Waals surface area contributed by atoms with Crippen LogP contribution in [0.2, 0.25) is 5.15 Å². The molecule has 9 heteroatoms. The van der Waals surface area contributed by atoms with Crippen LogP contribution < -0.4 is 4.74 Å². The second kappa shape index (κ2) is 5.90. The molecule has 1 aromatic heterocycles. The van der Waals surface area contributed by atoms with Crippen molar-refractivity contribution in [1.29, 1.82) is 0 Å². The molecule has 0 N–H and O–H groups in total. The van der Waals surface area contributed by atoms with Crippen LogP contribution in [0.3, 0.4) is 0 Å². The van der Waals surface area contributed by atoms with Gasteiger partial charge in [0.1, 0.15) is 16.8 Å². The van der Waals surface area contributed by atoms with Gasteiger partial charge in [0, 0.05) is 17.7 Å². The van der Waals surface area contributed by atoms with Crippen LogP contribution in [0.4, 0.5) is 10.1 Å². The Morgan fingerprint density at radius 2 is 2.05 bits per heavy atom. The summed E-state index contributed by atoms with van der Waals surface area (Å²) in [6.07, 6.45) is 0. The molecule has 0 unspecified atom stereocenters. The highest BCUT2D eigenvalue weighted by Gasteiger charge is 2.21. The predicted molar refractivity (Wildman–Crippen MR) is 77.3 cm³/mol. The Morgan fingerprint density at radius 1 is 1.38 bits per heavy atom. The largest absolute Gasteiger partial charge is 0.431 e. The molecule has 110 valence electrons. The van der Waals surface area contributed by atoms with E-state index in [0.717, 1.165) is 12.1 Å². The van der Waals surface area contributed by atoms with Crippen LogP contribution in [-0.4, -0.2) is 14.9 Å². The molecule has 21 heavy (non-hydrogen) atoms. The van der Waals surface area contributed by atoms with Crippen LogP contribution in [0.1, 0.15) is 11.4 Å². The Kier molecular flexibility index (Phi) is 4.38. The number of benzene rings is 1. The van der Waals surface area contributed by atoms with Crippen molar-refractivity contribution in [1.82, 2.24) is 9.97 Å². The van der Waals surface area contributed by atoms with Gasteiger partial charge in [-0.15, -0.1) is 0 Å². The summed E-state index contributed by atoms with van der Waals surface area (Å²) in [5.74, 6) is -0.582. The van der Waals surface area contributed by atoms with Crippen molar-refractivity contribution >= 4 is 33.2 Å². The Labute approximate surface area is 132 Å². The average molecular weight is 377 g/mol. The minimum atomic E-state index is -0.690. The lowest BCUT2D eigenvalue weighted by Crippen LogP contribution is -2.00. The first-order valence-corrected chi connectivity index (χ1v) is 6.78.